The summed E-state index contributed by atoms with van der Waals surface area (Å²) in [6, 6.07) is -0.401. The maximum Gasteiger partial charge on any atom is 0.334 e. The molecule has 2 saturated carbocycles. The van der Waals surface area contributed by atoms with Gasteiger partial charge in [0.25, 0.3) is 0 Å². The third-order valence-corrected chi connectivity index (χ3v) is 3.69. The van der Waals surface area contributed by atoms with Crippen molar-refractivity contribution in [1.82, 2.24) is 10.6 Å². The zero-order valence-corrected chi connectivity index (χ0v) is 10.3. The Balaban J connectivity index is 1.63. The molecule has 0 saturated heterocycles. The largest absolute Gasteiger partial charge is 0.479 e. The number of carbonyl (C=O) groups excluding carboxylic acids is 1. The van der Waals surface area contributed by atoms with E-state index in [9.17, 15) is 9.59 Å². The maximum absolute atomic E-state index is 11.4. The van der Waals surface area contributed by atoms with Gasteiger partial charge in [0.05, 0.1) is 6.54 Å². The van der Waals surface area contributed by atoms with Gasteiger partial charge in [0.15, 0.2) is 6.10 Å². The summed E-state index contributed by atoms with van der Waals surface area (Å²) >= 11 is 0. The molecule has 2 amide bonds. The van der Waals surface area contributed by atoms with E-state index in [0.29, 0.717) is 12.5 Å². The second-order valence-corrected chi connectivity index (χ2v) is 5.28. The summed E-state index contributed by atoms with van der Waals surface area (Å²) in [5.41, 5.74) is 0. The first-order valence-corrected chi connectivity index (χ1v) is 6.50. The number of nitrogens with one attached hydrogen (secondary N) is 2. The van der Waals surface area contributed by atoms with Crippen LogP contribution in [0.15, 0.2) is 0 Å². The molecule has 2 fully saturated rings. The van der Waals surface area contributed by atoms with E-state index in [0.717, 1.165) is 11.8 Å². The first-order valence-electron chi connectivity index (χ1n) is 6.50. The van der Waals surface area contributed by atoms with E-state index >= 15 is 0 Å². The van der Waals surface area contributed by atoms with Crippen LogP contribution in [0.3, 0.4) is 0 Å². The molecule has 0 unspecified atom stereocenters. The number of urea groups is 1. The summed E-state index contributed by atoms with van der Waals surface area (Å²) in [6.45, 7) is 0.392. The minimum Gasteiger partial charge on any atom is -0.479 e. The van der Waals surface area contributed by atoms with Gasteiger partial charge in [-0.2, -0.15) is 0 Å². The summed E-state index contributed by atoms with van der Waals surface area (Å²) in [5.74, 6) is 0.786. The summed E-state index contributed by atoms with van der Waals surface area (Å²) in [4.78, 5) is 21.8. The Hall–Kier alpha value is -1.30. The van der Waals surface area contributed by atoms with Crippen LogP contribution in [0.25, 0.3) is 0 Å². The molecule has 6 nitrogen and oxygen atoms in total. The van der Waals surface area contributed by atoms with E-state index in [4.69, 9.17) is 10.2 Å². The predicted octanol–water partition coefficient (Wildman–Crippen LogP) is 0.167. The molecular weight excluding hydrogens is 236 g/mol. The maximum atomic E-state index is 11.4. The van der Waals surface area contributed by atoms with Gasteiger partial charge < -0.3 is 20.8 Å². The van der Waals surface area contributed by atoms with E-state index in [1.165, 1.54) is 25.7 Å². The molecule has 0 heterocycles. The van der Waals surface area contributed by atoms with Crippen LogP contribution in [-0.4, -0.2) is 41.4 Å². The van der Waals surface area contributed by atoms with E-state index in [1.807, 2.05) is 0 Å². The zero-order valence-electron chi connectivity index (χ0n) is 10.3. The highest BCUT2D eigenvalue weighted by molar-refractivity contribution is 5.76. The summed E-state index contributed by atoms with van der Waals surface area (Å²) in [6.07, 6.45) is 3.52. The Morgan fingerprint density at radius 2 is 1.56 bits per heavy atom. The van der Waals surface area contributed by atoms with Gasteiger partial charge in [0.2, 0.25) is 0 Å². The SMILES string of the molecule is O=C(NCC(C1CC1)C1CC1)NC[C@H](O)C(=O)O. The smallest absolute Gasteiger partial charge is 0.334 e. The van der Waals surface area contributed by atoms with E-state index in [1.54, 1.807) is 0 Å². The Morgan fingerprint density at radius 3 is 2.00 bits per heavy atom. The minimum absolute atomic E-state index is 0.265. The zero-order chi connectivity index (χ0) is 13.1. The lowest BCUT2D eigenvalue weighted by Gasteiger charge is -2.16. The highest BCUT2D eigenvalue weighted by Gasteiger charge is 2.41. The second-order valence-electron chi connectivity index (χ2n) is 5.28. The molecule has 0 spiro atoms. The molecular formula is C12H20N2O4. The van der Waals surface area contributed by atoms with Crippen molar-refractivity contribution in [1.29, 1.82) is 0 Å². The average Bonchev–Trinajstić information content (AvgIpc) is 3.16. The van der Waals surface area contributed by atoms with E-state index in [-0.39, 0.29) is 6.54 Å². The highest BCUT2D eigenvalue weighted by atomic mass is 16.4. The standard InChI is InChI=1S/C12H20N2O4/c15-10(11(16)17)6-14-12(18)13-5-9(7-1-2-7)8-3-4-8/h7-10,15H,1-6H2,(H,16,17)(H2,13,14,18)/t10-/m0/s1. The topological polar surface area (TPSA) is 98.7 Å². The van der Waals surface area contributed by atoms with Gasteiger partial charge in [0.1, 0.15) is 0 Å². The predicted molar refractivity (Wildman–Crippen MR) is 64.0 cm³/mol. The molecule has 2 aliphatic rings. The van der Waals surface area contributed by atoms with Gasteiger partial charge in [-0.25, -0.2) is 9.59 Å². The number of carbonyl (C=O) groups is 2. The molecule has 0 radical (unpaired) electrons. The Labute approximate surface area is 106 Å². The molecule has 2 aliphatic carbocycles. The van der Waals surface area contributed by atoms with Crippen LogP contribution in [0.4, 0.5) is 4.79 Å². The number of hydrogen-bond acceptors (Lipinski definition) is 3. The van der Waals surface area contributed by atoms with Crippen LogP contribution in [-0.2, 0) is 4.79 Å². The second kappa shape index (κ2) is 5.56. The molecule has 1 atom stereocenters. The normalized spacial score (nSPS) is 20.6. The molecule has 2 rings (SSSR count). The minimum atomic E-state index is -1.54. The van der Waals surface area contributed by atoms with Gasteiger partial charge >= 0.3 is 12.0 Å². The Kier molecular flexibility index (Phi) is 4.06. The third-order valence-electron chi connectivity index (χ3n) is 3.69. The fourth-order valence-electron chi connectivity index (χ4n) is 2.32. The number of hydrogen-bond donors (Lipinski definition) is 4. The van der Waals surface area contributed by atoms with Crippen LogP contribution < -0.4 is 10.6 Å². The van der Waals surface area contributed by atoms with Gasteiger partial charge in [-0.3, -0.25) is 0 Å². The monoisotopic (exact) mass is 256 g/mol. The van der Waals surface area contributed by atoms with Crippen LogP contribution >= 0.6 is 0 Å². The van der Waals surface area contributed by atoms with Crippen molar-refractivity contribution in [2.45, 2.75) is 31.8 Å². The van der Waals surface area contributed by atoms with Crippen LogP contribution in [0.5, 0.6) is 0 Å². The molecule has 102 valence electrons. The first kappa shape index (κ1) is 13.1. The van der Waals surface area contributed by atoms with Crippen molar-refractivity contribution in [2.24, 2.45) is 17.8 Å². The lowest BCUT2D eigenvalue weighted by atomic mass is 9.98. The fraction of sp³-hybridized carbons (Fsp3) is 0.833. The molecule has 0 bridgehead atoms. The molecule has 0 aromatic carbocycles. The molecule has 4 N–H and O–H groups in total. The quantitative estimate of drug-likeness (QED) is 0.521. The van der Waals surface area contributed by atoms with E-state index in [2.05, 4.69) is 10.6 Å². The van der Waals surface area contributed by atoms with Gasteiger partial charge in [-0.15, -0.1) is 0 Å². The van der Waals surface area contributed by atoms with Gasteiger partial charge in [-0.1, -0.05) is 0 Å². The van der Waals surface area contributed by atoms with Crippen molar-refractivity contribution < 1.29 is 19.8 Å². The highest BCUT2D eigenvalue weighted by Crippen LogP contribution is 2.48. The average molecular weight is 256 g/mol. The lowest BCUT2D eigenvalue weighted by molar-refractivity contribution is -0.146. The summed E-state index contributed by atoms with van der Waals surface area (Å²) in [7, 11) is 0. The van der Waals surface area contributed by atoms with Crippen molar-refractivity contribution in [3.05, 3.63) is 0 Å². The van der Waals surface area contributed by atoms with Crippen LogP contribution in [0.1, 0.15) is 25.7 Å². The number of aliphatic carboxylic acids is 1. The number of aliphatic hydroxyl groups is 1. The van der Waals surface area contributed by atoms with Gasteiger partial charge in [0, 0.05) is 6.54 Å². The fourth-order valence-corrected chi connectivity index (χ4v) is 2.32. The lowest BCUT2D eigenvalue weighted by Crippen LogP contribution is -2.43. The molecule has 6 heteroatoms. The molecule has 0 aliphatic heterocycles. The molecule has 0 aromatic rings. The summed E-state index contributed by atoms with van der Waals surface area (Å²) in [5, 5.41) is 22.6. The first-order chi connectivity index (χ1) is 8.58. The van der Waals surface area contributed by atoms with Gasteiger partial charge in [-0.05, 0) is 43.4 Å². The van der Waals surface area contributed by atoms with Crippen molar-refractivity contribution in [2.75, 3.05) is 13.1 Å². The molecule has 0 aromatic heterocycles. The van der Waals surface area contributed by atoms with Crippen LogP contribution in [0.2, 0.25) is 0 Å². The number of aliphatic hydroxyl groups excluding tert-OH is 1. The van der Waals surface area contributed by atoms with Crippen molar-refractivity contribution >= 4 is 12.0 Å². The Morgan fingerprint density at radius 1 is 1.06 bits per heavy atom. The third kappa shape index (κ3) is 3.87. The Bertz CT molecular complexity index is 314. The molecule has 18 heavy (non-hydrogen) atoms. The van der Waals surface area contributed by atoms with Crippen molar-refractivity contribution in [3.8, 4) is 0 Å². The van der Waals surface area contributed by atoms with E-state index < -0.39 is 18.1 Å². The number of carboxylic acid groups (broad SMARTS) is 1. The summed E-state index contributed by atoms with van der Waals surface area (Å²) < 4.78 is 0. The number of amides is 2. The van der Waals surface area contributed by atoms with Crippen LogP contribution in [0, 0.1) is 17.8 Å². The van der Waals surface area contributed by atoms with Crippen molar-refractivity contribution in [3.63, 3.8) is 0 Å². The number of rotatable bonds is 7. The number of carboxylic acids is 1.